The van der Waals surface area contributed by atoms with Gasteiger partial charge in [-0.3, -0.25) is 10.1 Å². The first-order chi connectivity index (χ1) is 10.1. The minimum absolute atomic E-state index is 0.0616. The number of nitrogen functional groups attached to an aromatic ring is 1. The zero-order valence-electron chi connectivity index (χ0n) is 12.4. The van der Waals surface area contributed by atoms with Gasteiger partial charge < -0.3 is 10.5 Å². The number of benzene rings is 1. The van der Waals surface area contributed by atoms with Crippen LogP contribution in [-0.4, -0.2) is 24.1 Å². The number of thiazole rings is 1. The maximum absolute atomic E-state index is 11.8. The second kappa shape index (κ2) is 7.38. The predicted octanol–water partition coefficient (Wildman–Crippen LogP) is 3.27. The van der Waals surface area contributed by atoms with E-state index in [1.165, 1.54) is 11.3 Å². The molecular weight excluding hydrogens is 286 g/mol. The Morgan fingerprint density at radius 1 is 1.52 bits per heavy atom. The number of aromatic nitrogens is 1. The lowest BCUT2D eigenvalue weighted by Gasteiger charge is -2.10. The molecule has 3 N–H and O–H groups in total. The summed E-state index contributed by atoms with van der Waals surface area (Å²) in [6, 6.07) is 5.50. The van der Waals surface area contributed by atoms with Gasteiger partial charge in [0, 0.05) is 12.3 Å². The van der Waals surface area contributed by atoms with Crippen LogP contribution in [0.4, 0.5) is 10.8 Å². The smallest absolute Gasteiger partial charge is 0.252 e. The number of fused-ring (bicyclic) bond motifs is 1. The van der Waals surface area contributed by atoms with Gasteiger partial charge in [-0.1, -0.05) is 31.6 Å². The Labute approximate surface area is 128 Å². The van der Waals surface area contributed by atoms with Crippen molar-refractivity contribution in [2.45, 2.75) is 26.7 Å². The quantitative estimate of drug-likeness (QED) is 0.770. The number of nitrogens with two attached hydrogens (primary N) is 1. The molecule has 1 heterocycles. The molecule has 1 unspecified atom stereocenters. The Kier molecular flexibility index (Phi) is 5.52. The fourth-order valence-electron chi connectivity index (χ4n) is 2.08. The molecule has 2 rings (SSSR count). The fraction of sp³-hybridized carbons (Fsp3) is 0.467. The van der Waals surface area contributed by atoms with Crippen LogP contribution in [0.15, 0.2) is 18.2 Å². The van der Waals surface area contributed by atoms with Crippen LogP contribution in [0.5, 0.6) is 0 Å². The normalized spacial score (nSPS) is 12.5. The van der Waals surface area contributed by atoms with Crippen molar-refractivity contribution < 1.29 is 9.53 Å². The number of hydrogen-bond acceptors (Lipinski definition) is 5. The van der Waals surface area contributed by atoms with E-state index in [2.05, 4.69) is 24.1 Å². The van der Waals surface area contributed by atoms with Gasteiger partial charge in [0.25, 0.3) is 5.91 Å². The molecule has 21 heavy (non-hydrogen) atoms. The van der Waals surface area contributed by atoms with Crippen molar-refractivity contribution in [2.75, 3.05) is 24.3 Å². The van der Waals surface area contributed by atoms with Crippen LogP contribution in [0.3, 0.4) is 0 Å². The number of carbonyl (C=O) groups excluding carboxylic acids is 1. The molecule has 1 amide bonds. The zero-order valence-corrected chi connectivity index (χ0v) is 13.2. The van der Waals surface area contributed by atoms with Gasteiger partial charge in [0.15, 0.2) is 5.13 Å². The van der Waals surface area contributed by atoms with E-state index in [1.807, 2.05) is 12.1 Å². The van der Waals surface area contributed by atoms with Crippen molar-refractivity contribution in [1.82, 2.24) is 4.98 Å². The summed E-state index contributed by atoms with van der Waals surface area (Å²) in [6.07, 6.45) is 2.24. The van der Waals surface area contributed by atoms with Gasteiger partial charge in [-0.05, 0) is 30.5 Å². The molecule has 0 saturated carbocycles. The largest absolute Gasteiger partial charge is 0.399 e. The lowest BCUT2D eigenvalue weighted by Crippen LogP contribution is -2.20. The average Bonchev–Trinajstić information content (AvgIpc) is 2.80. The van der Waals surface area contributed by atoms with Crippen molar-refractivity contribution in [3.8, 4) is 0 Å². The van der Waals surface area contributed by atoms with Gasteiger partial charge in [0.05, 0.1) is 10.2 Å². The number of anilines is 2. The number of ether oxygens (including phenoxy) is 1. The van der Waals surface area contributed by atoms with E-state index in [4.69, 9.17) is 10.5 Å². The summed E-state index contributed by atoms with van der Waals surface area (Å²) in [5.41, 5.74) is 7.25. The molecule has 0 aliphatic heterocycles. The number of carbonyl (C=O) groups is 1. The van der Waals surface area contributed by atoms with Crippen molar-refractivity contribution in [2.24, 2.45) is 5.92 Å². The van der Waals surface area contributed by atoms with Crippen LogP contribution in [0, 0.1) is 5.92 Å². The maximum Gasteiger partial charge on any atom is 0.252 e. The average molecular weight is 307 g/mol. The van der Waals surface area contributed by atoms with E-state index in [1.54, 1.807) is 6.07 Å². The van der Waals surface area contributed by atoms with Crippen LogP contribution in [0.1, 0.15) is 26.7 Å². The molecule has 6 heteroatoms. The summed E-state index contributed by atoms with van der Waals surface area (Å²) in [5, 5.41) is 3.33. The first kappa shape index (κ1) is 15.7. The first-order valence-electron chi connectivity index (χ1n) is 7.12. The minimum Gasteiger partial charge on any atom is -0.399 e. The Bertz CT molecular complexity index is 612. The molecule has 0 radical (unpaired) electrons. The van der Waals surface area contributed by atoms with Gasteiger partial charge in [0.2, 0.25) is 0 Å². The Balaban J connectivity index is 1.84. The number of nitrogens with one attached hydrogen (secondary N) is 1. The third kappa shape index (κ3) is 4.68. The van der Waals surface area contributed by atoms with E-state index in [0.29, 0.717) is 23.3 Å². The Morgan fingerprint density at radius 2 is 2.33 bits per heavy atom. The van der Waals surface area contributed by atoms with E-state index in [-0.39, 0.29) is 12.5 Å². The number of nitrogens with zero attached hydrogens (tertiary/aromatic N) is 1. The second-order valence-corrected chi connectivity index (χ2v) is 6.23. The molecule has 0 spiro atoms. The molecule has 1 atom stereocenters. The molecule has 114 valence electrons. The lowest BCUT2D eigenvalue weighted by molar-refractivity contribution is -0.121. The second-order valence-electron chi connectivity index (χ2n) is 5.20. The van der Waals surface area contributed by atoms with Gasteiger partial charge in [-0.2, -0.15) is 0 Å². The molecule has 0 aliphatic carbocycles. The van der Waals surface area contributed by atoms with Gasteiger partial charge >= 0.3 is 0 Å². The lowest BCUT2D eigenvalue weighted by atomic mass is 10.1. The summed E-state index contributed by atoms with van der Waals surface area (Å²) in [4.78, 5) is 16.1. The Hall–Kier alpha value is -1.66. The van der Waals surface area contributed by atoms with Crippen molar-refractivity contribution in [1.29, 1.82) is 0 Å². The van der Waals surface area contributed by atoms with Crippen LogP contribution >= 0.6 is 11.3 Å². The van der Waals surface area contributed by atoms with E-state index < -0.39 is 0 Å². The highest BCUT2D eigenvalue weighted by molar-refractivity contribution is 7.22. The summed E-state index contributed by atoms with van der Waals surface area (Å²) in [7, 11) is 0. The van der Waals surface area contributed by atoms with Crippen LogP contribution in [0.2, 0.25) is 0 Å². The fourth-order valence-corrected chi connectivity index (χ4v) is 3.01. The maximum atomic E-state index is 11.8. The zero-order chi connectivity index (χ0) is 15.2. The number of hydrogen-bond donors (Lipinski definition) is 2. The molecule has 0 aliphatic rings. The third-order valence-corrected chi connectivity index (χ3v) is 4.01. The molecule has 1 aromatic carbocycles. The Morgan fingerprint density at radius 3 is 3.10 bits per heavy atom. The molecule has 2 aromatic rings. The monoisotopic (exact) mass is 307 g/mol. The van der Waals surface area contributed by atoms with Gasteiger partial charge in [-0.15, -0.1) is 0 Å². The first-order valence-corrected chi connectivity index (χ1v) is 7.93. The van der Waals surface area contributed by atoms with Crippen molar-refractivity contribution in [3.63, 3.8) is 0 Å². The van der Waals surface area contributed by atoms with Gasteiger partial charge in [0.1, 0.15) is 6.61 Å². The van der Waals surface area contributed by atoms with Crippen LogP contribution < -0.4 is 11.1 Å². The standard InChI is InChI=1S/C15H21N3O2S/c1-3-4-10(2)8-20-9-14(19)18-15-17-12-6-5-11(16)7-13(12)21-15/h5-7,10H,3-4,8-9,16H2,1-2H3,(H,17,18,19). The third-order valence-electron chi connectivity index (χ3n) is 3.08. The SMILES string of the molecule is CCCC(C)COCC(=O)Nc1nc2ccc(N)cc2s1. The molecule has 0 bridgehead atoms. The highest BCUT2D eigenvalue weighted by Crippen LogP contribution is 2.27. The molecule has 5 nitrogen and oxygen atoms in total. The van der Waals surface area contributed by atoms with E-state index in [9.17, 15) is 4.79 Å². The molecule has 1 aromatic heterocycles. The molecule has 0 saturated heterocycles. The van der Waals surface area contributed by atoms with Crippen LogP contribution in [-0.2, 0) is 9.53 Å². The van der Waals surface area contributed by atoms with Crippen molar-refractivity contribution >= 4 is 38.3 Å². The molecular formula is C15H21N3O2S. The van der Waals surface area contributed by atoms with E-state index >= 15 is 0 Å². The topological polar surface area (TPSA) is 77.2 Å². The number of amides is 1. The highest BCUT2D eigenvalue weighted by Gasteiger charge is 2.09. The number of rotatable bonds is 7. The summed E-state index contributed by atoms with van der Waals surface area (Å²) < 4.78 is 6.38. The highest BCUT2D eigenvalue weighted by atomic mass is 32.1. The van der Waals surface area contributed by atoms with Crippen molar-refractivity contribution in [3.05, 3.63) is 18.2 Å². The summed E-state index contributed by atoms with van der Waals surface area (Å²) in [5.74, 6) is 0.305. The molecule has 0 fully saturated rings. The predicted molar refractivity (Wildman–Crippen MR) is 87.6 cm³/mol. The van der Waals surface area contributed by atoms with Crippen LogP contribution in [0.25, 0.3) is 10.2 Å². The minimum atomic E-state index is -0.175. The summed E-state index contributed by atoms with van der Waals surface area (Å²) >= 11 is 1.41. The van der Waals surface area contributed by atoms with E-state index in [0.717, 1.165) is 23.1 Å². The van der Waals surface area contributed by atoms with Gasteiger partial charge in [-0.25, -0.2) is 4.98 Å². The summed E-state index contributed by atoms with van der Waals surface area (Å²) in [6.45, 7) is 4.94.